The molecule has 2 heteroatoms. The van der Waals surface area contributed by atoms with Gasteiger partial charge in [-0.3, -0.25) is 0 Å². The van der Waals surface area contributed by atoms with E-state index in [9.17, 15) is 0 Å². The average molecular weight is 917 g/mol. The second-order valence-corrected chi connectivity index (χ2v) is 18.4. The molecule has 0 atom stereocenters. The third kappa shape index (κ3) is 7.63. The molecule has 72 heavy (non-hydrogen) atoms. The van der Waals surface area contributed by atoms with Gasteiger partial charge in [-0.2, -0.15) is 0 Å². The van der Waals surface area contributed by atoms with Crippen molar-refractivity contribution in [1.82, 2.24) is 4.57 Å². The molecule has 1 aromatic heterocycles. The lowest BCUT2D eigenvalue weighted by Gasteiger charge is -2.29. The van der Waals surface area contributed by atoms with Crippen molar-refractivity contribution >= 4 is 49.6 Å². The van der Waals surface area contributed by atoms with Crippen molar-refractivity contribution in [1.29, 1.82) is 0 Å². The molecule has 0 aliphatic rings. The van der Waals surface area contributed by atoms with Crippen molar-refractivity contribution in [2.75, 3.05) is 4.90 Å². The number of hydrogen-bond donors (Lipinski definition) is 0. The highest BCUT2D eigenvalue weighted by atomic mass is 15.1. The minimum atomic E-state index is 1.07. The van der Waals surface area contributed by atoms with Gasteiger partial charge in [0.25, 0.3) is 0 Å². The fourth-order valence-electron chi connectivity index (χ4n) is 10.9. The number of nitrogens with zero attached hydrogens (tertiary/aromatic N) is 2. The molecule has 0 aliphatic heterocycles. The molecule has 0 unspecified atom stereocenters. The minimum Gasteiger partial charge on any atom is -0.310 e. The lowest BCUT2D eigenvalue weighted by atomic mass is 9.90. The van der Waals surface area contributed by atoms with E-state index in [1.807, 2.05) is 0 Å². The van der Waals surface area contributed by atoms with Crippen molar-refractivity contribution in [3.63, 3.8) is 0 Å². The number of benzene rings is 12. The number of anilines is 3. The summed E-state index contributed by atoms with van der Waals surface area (Å²) in [6.07, 6.45) is 0. The van der Waals surface area contributed by atoms with Gasteiger partial charge in [-0.1, -0.05) is 231 Å². The molecule has 338 valence electrons. The van der Waals surface area contributed by atoms with E-state index in [1.165, 1.54) is 88.2 Å². The van der Waals surface area contributed by atoms with Gasteiger partial charge in [-0.05, 0) is 133 Å². The van der Waals surface area contributed by atoms with Crippen LogP contribution in [0.25, 0.3) is 105 Å². The fraction of sp³-hybridized carbons (Fsp3) is 0. The maximum atomic E-state index is 2.43. The monoisotopic (exact) mass is 916 g/mol. The van der Waals surface area contributed by atoms with E-state index in [-0.39, 0.29) is 0 Å². The number of fused-ring (bicyclic) bond motifs is 4. The van der Waals surface area contributed by atoms with Crippen LogP contribution in [0.2, 0.25) is 0 Å². The third-order valence-electron chi connectivity index (χ3n) is 14.2. The lowest BCUT2D eigenvalue weighted by Crippen LogP contribution is -2.11. The Bertz CT molecular complexity index is 4040. The Morgan fingerprint density at radius 2 is 0.708 bits per heavy atom. The van der Waals surface area contributed by atoms with Crippen molar-refractivity contribution in [3.8, 4) is 72.4 Å². The molecule has 0 spiro atoms. The predicted octanol–water partition coefficient (Wildman–Crippen LogP) is 19.4. The van der Waals surface area contributed by atoms with Crippen molar-refractivity contribution < 1.29 is 0 Å². The SMILES string of the molecule is c1ccc(-c2ccc(-c3ccc(N(c4ccc(-c5cccc6c5c5ccccc5n6-c5ccccc5)cc4)c4ccccc4-c4cccc5cccc(-c6ccccc6)c45)cc3)cc2-c2ccccc2)cc1. The van der Waals surface area contributed by atoms with Crippen LogP contribution in [-0.4, -0.2) is 4.57 Å². The van der Waals surface area contributed by atoms with Crippen LogP contribution in [0.5, 0.6) is 0 Å². The van der Waals surface area contributed by atoms with Crippen LogP contribution in [0.15, 0.2) is 291 Å². The Morgan fingerprint density at radius 3 is 1.38 bits per heavy atom. The summed E-state index contributed by atoms with van der Waals surface area (Å²) >= 11 is 0. The summed E-state index contributed by atoms with van der Waals surface area (Å²) in [5.41, 5.74) is 21.1. The predicted molar refractivity (Wildman–Crippen MR) is 306 cm³/mol. The molecule has 0 saturated carbocycles. The molecule has 13 aromatic rings. The maximum absolute atomic E-state index is 2.43. The van der Waals surface area contributed by atoms with Crippen LogP contribution in [0, 0.1) is 0 Å². The highest BCUT2D eigenvalue weighted by molar-refractivity contribution is 6.16. The largest absolute Gasteiger partial charge is 0.310 e. The summed E-state index contributed by atoms with van der Waals surface area (Å²) in [5.74, 6) is 0. The topological polar surface area (TPSA) is 8.17 Å². The molecule has 0 aliphatic carbocycles. The van der Waals surface area contributed by atoms with E-state index in [1.54, 1.807) is 0 Å². The number of para-hydroxylation sites is 3. The summed E-state index contributed by atoms with van der Waals surface area (Å²) in [7, 11) is 0. The van der Waals surface area contributed by atoms with Crippen LogP contribution in [0.4, 0.5) is 17.1 Å². The Balaban J connectivity index is 0.966. The molecule has 0 radical (unpaired) electrons. The van der Waals surface area contributed by atoms with Crippen LogP contribution in [0.1, 0.15) is 0 Å². The fourth-order valence-corrected chi connectivity index (χ4v) is 10.9. The molecule has 0 amide bonds. The first-order chi connectivity index (χ1) is 35.7. The number of aromatic nitrogens is 1. The van der Waals surface area contributed by atoms with E-state index >= 15 is 0 Å². The molecule has 0 bridgehead atoms. The Morgan fingerprint density at radius 1 is 0.250 bits per heavy atom. The maximum Gasteiger partial charge on any atom is 0.0547 e. The number of rotatable bonds is 10. The van der Waals surface area contributed by atoms with E-state index in [2.05, 4.69) is 301 Å². The molecule has 13 rings (SSSR count). The van der Waals surface area contributed by atoms with Gasteiger partial charge in [0.1, 0.15) is 0 Å². The van der Waals surface area contributed by atoms with Gasteiger partial charge in [-0.15, -0.1) is 0 Å². The second kappa shape index (κ2) is 18.4. The molecule has 1 heterocycles. The van der Waals surface area contributed by atoms with Gasteiger partial charge in [0, 0.05) is 33.4 Å². The highest BCUT2D eigenvalue weighted by Gasteiger charge is 2.22. The molecule has 0 fully saturated rings. The first kappa shape index (κ1) is 42.6. The molecule has 12 aromatic carbocycles. The zero-order valence-corrected chi connectivity index (χ0v) is 39.6. The van der Waals surface area contributed by atoms with E-state index in [4.69, 9.17) is 0 Å². The van der Waals surface area contributed by atoms with Crippen LogP contribution >= 0.6 is 0 Å². The Kier molecular flexibility index (Phi) is 10.9. The Labute approximate surface area is 420 Å². The van der Waals surface area contributed by atoms with E-state index < -0.39 is 0 Å². The van der Waals surface area contributed by atoms with Crippen molar-refractivity contribution in [2.45, 2.75) is 0 Å². The molecule has 0 N–H and O–H groups in total. The van der Waals surface area contributed by atoms with E-state index in [0.717, 1.165) is 33.9 Å². The van der Waals surface area contributed by atoms with Gasteiger partial charge in [0.2, 0.25) is 0 Å². The summed E-state index contributed by atoms with van der Waals surface area (Å²) in [4.78, 5) is 2.43. The average Bonchev–Trinajstić information content (AvgIpc) is 3.81. The second-order valence-electron chi connectivity index (χ2n) is 18.4. The van der Waals surface area contributed by atoms with Crippen LogP contribution in [0.3, 0.4) is 0 Å². The highest BCUT2D eigenvalue weighted by Crippen LogP contribution is 2.46. The quantitative estimate of drug-likeness (QED) is 0.133. The lowest BCUT2D eigenvalue weighted by molar-refractivity contribution is 1.18. The zero-order chi connectivity index (χ0) is 47.8. The number of hydrogen-bond acceptors (Lipinski definition) is 1. The normalized spacial score (nSPS) is 11.3. The summed E-state index contributed by atoms with van der Waals surface area (Å²) in [6.45, 7) is 0. The summed E-state index contributed by atoms with van der Waals surface area (Å²) < 4.78 is 2.39. The molecule has 0 saturated heterocycles. The van der Waals surface area contributed by atoms with Gasteiger partial charge in [0.15, 0.2) is 0 Å². The smallest absolute Gasteiger partial charge is 0.0547 e. The first-order valence-corrected chi connectivity index (χ1v) is 24.8. The van der Waals surface area contributed by atoms with Crippen molar-refractivity contribution in [2.24, 2.45) is 0 Å². The molecule has 2 nitrogen and oxygen atoms in total. The van der Waals surface area contributed by atoms with Crippen LogP contribution in [-0.2, 0) is 0 Å². The van der Waals surface area contributed by atoms with Crippen LogP contribution < -0.4 is 4.90 Å². The molecular weight excluding hydrogens is 869 g/mol. The van der Waals surface area contributed by atoms with Gasteiger partial charge < -0.3 is 9.47 Å². The summed E-state index contributed by atoms with van der Waals surface area (Å²) in [5, 5.41) is 4.93. The van der Waals surface area contributed by atoms with Gasteiger partial charge in [0.05, 0.1) is 16.7 Å². The van der Waals surface area contributed by atoms with Crippen molar-refractivity contribution in [3.05, 3.63) is 291 Å². The Hall–Kier alpha value is -9.50. The third-order valence-corrected chi connectivity index (χ3v) is 14.2. The zero-order valence-electron chi connectivity index (χ0n) is 39.6. The first-order valence-electron chi connectivity index (χ1n) is 24.8. The standard InChI is InChI=1S/C70H48N2/c1-5-20-50(21-6-1)59-47-42-55(48-65(59)52-24-9-3-10-25-52)49-38-43-57(44-39-49)71(66-35-15-13-30-62(66)63-34-18-27-54-26-17-32-60(69(54)63)51-22-7-2-8-23-51)58-45-40-53(41-46-58)61-33-19-37-68-70(61)64-31-14-16-36-67(64)72(68)56-28-11-4-12-29-56/h1-48H. The van der Waals surface area contributed by atoms with E-state index in [0.29, 0.717) is 0 Å². The minimum absolute atomic E-state index is 1.07. The molecular formula is C70H48N2. The van der Waals surface area contributed by atoms with Gasteiger partial charge in [-0.25, -0.2) is 0 Å². The van der Waals surface area contributed by atoms with Gasteiger partial charge >= 0.3 is 0 Å². The summed E-state index contributed by atoms with van der Waals surface area (Å²) in [6, 6.07) is 106.